The summed E-state index contributed by atoms with van der Waals surface area (Å²) < 4.78 is 6.88. The summed E-state index contributed by atoms with van der Waals surface area (Å²) in [4.78, 5) is 33.1. The molecule has 5 rings (SSSR count). The van der Waals surface area contributed by atoms with Crippen LogP contribution in [0, 0.1) is 6.92 Å². The number of hydrogen-bond acceptors (Lipinski definition) is 5. The summed E-state index contributed by atoms with van der Waals surface area (Å²) in [5, 5.41) is 3.68. The number of benzene rings is 3. The van der Waals surface area contributed by atoms with Crippen molar-refractivity contribution < 1.29 is 9.53 Å². The highest BCUT2D eigenvalue weighted by Gasteiger charge is 2.24. The van der Waals surface area contributed by atoms with Crippen molar-refractivity contribution in [1.29, 1.82) is 0 Å². The molecule has 0 saturated carbocycles. The zero-order valence-corrected chi connectivity index (χ0v) is 20.6. The molecule has 36 heavy (non-hydrogen) atoms. The molecule has 3 aromatic carbocycles. The van der Waals surface area contributed by atoms with Gasteiger partial charge in [-0.1, -0.05) is 24.3 Å². The van der Waals surface area contributed by atoms with Crippen LogP contribution < -0.4 is 15.6 Å². The van der Waals surface area contributed by atoms with Crippen molar-refractivity contribution in [2.24, 2.45) is 0 Å². The van der Waals surface area contributed by atoms with Gasteiger partial charge in [0.15, 0.2) is 0 Å². The van der Waals surface area contributed by atoms with Crippen LogP contribution in [0.3, 0.4) is 0 Å². The van der Waals surface area contributed by atoms with Gasteiger partial charge in [0.05, 0.1) is 29.7 Å². The first-order valence-corrected chi connectivity index (χ1v) is 12.3. The van der Waals surface area contributed by atoms with E-state index in [1.165, 1.54) is 12.8 Å². The summed E-state index contributed by atoms with van der Waals surface area (Å²) in [7, 11) is 1.66. The number of hydrogen-bond donors (Lipinski definition) is 1. The Bertz CT molecular complexity index is 1420. The van der Waals surface area contributed by atoms with Gasteiger partial charge in [0, 0.05) is 12.1 Å². The Morgan fingerprint density at radius 2 is 1.69 bits per heavy atom. The predicted octanol–water partition coefficient (Wildman–Crippen LogP) is 4.27. The molecule has 7 nitrogen and oxygen atoms in total. The second-order valence-electron chi connectivity index (χ2n) is 9.11. The number of fused-ring (bicyclic) bond motifs is 1. The topological polar surface area (TPSA) is 76.5 Å². The molecule has 0 bridgehead atoms. The largest absolute Gasteiger partial charge is 0.497 e. The average molecular weight is 483 g/mol. The van der Waals surface area contributed by atoms with Crippen molar-refractivity contribution in [2.75, 3.05) is 26.7 Å². The molecule has 1 aliphatic rings. The number of para-hydroxylation sites is 1. The molecule has 1 saturated heterocycles. The zero-order chi connectivity index (χ0) is 25.1. The third-order valence-corrected chi connectivity index (χ3v) is 6.87. The Morgan fingerprint density at radius 1 is 1.00 bits per heavy atom. The third kappa shape index (κ3) is 4.75. The fourth-order valence-corrected chi connectivity index (χ4v) is 4.94. The van der Waals surface area contributed by atoms with E-state index in [0.29, 0.717) is 34.5 Å². The highest BCUT2D eigenvalue weighted by Crippen LogP contribution is 2.26. The predicted molar refractivity (Wildman–Crippen MR) is 141 cm³/mol. The van der Waals surface area contributed by atoms with Gasteiger partial charge in [-0.3, -0.25) is 19.1 Å². The van der Waals surface area contributed by atoms with Gasteiger partial charge in [0.1, 0.15) is 11.6 Å². The Kier molecular flexibility index (Phi) is 6.82. The minimum atomic E-state index is -0.139. The van der Waals surface area contributed by atoms with Crippen LogP contribution in [-0.4, -0.2) is 47.1 Å². The second-order valence-corrected chi connectivity index (χ2v) is 9.11. The summed E-state index contributed by atoms with van der Waals surface area (Å²) in [6, 6.07) is 22.6. The summed E-state index contributed by atoms with van der Waals surface area (Å²) in [6.45, 7) is 4.37. The molecule has 0 spiro atoms. The van der Waals surface area contributed by atoms with Crippen LogP contribution in [-0.2, 0) is 0 Å². The minimum absolute atomic E-state index is 0.103. The first-order chi connectivity index (χ1) is 17.5. The van der Waals surface area contributed by atoms with Crippen LogP contribution in [0.5, 0.6) is 5.75 Å². The van der Waals surface area contributed by atoms with Crippen LogP contribution in [0.1, 0.15) is 40.6 Å². The van der Waals surface area contributed by atoms with Gasteiger partial charge in [-0.25, -0.2) is 4.98 Å². The number of aryl methyl sites for hydroxylation is 1. The van der Waals surface area contributed by atoms with Gasteiger partial charge in [-0.05, 0) is 86.9 Å². The highest BCUT2D eigenvalue weighted by atomic mass is 16.5. The van der Waals surface area contributed by atoms with E-state index in [9.17, 15) is 9.59 Å². The summed E-state index contributed by atoms with van der Waals surface area (Å²) >= 11 is 0. The van der Waals surface area contributed by atoms with Crippen molar-refractivity contribution in [1.82, 2.24) is 19.8 Å². The lowest BCUT2D eigenvalue weighted by molar-refractivity contribution is 0.0938. The van der Waals surface area contributed by atoms with Gasteiger partial charge < -0.3 is 10.1 Å². The normalized spacial score (nSPS) is 14.6. The zero-order valence-electron chi connectivity index (χ0n) is 20.6. The monoisotopic (exact) mass is 482 g/mol. The van der Waals surface area contributed by atoms with Gasteiger partial charge in [-0.15, -0.1) is 0 Å². The summed E-state index contributed by atoms with van der Waals surface area (Å²) in [5.41, 5.74) is 2.94. The smallest absolute Gasteiger partial charge is 0.265 e. The molecule has 1 atom stereocenters. The molecule has 184 valence electrons. The summed E-state index contributed by atoms with van der Waals surface area (Å²) in [6.07, 6.45) is 2.34. The van der Waals surface area contributed by atoms with Crippen molar-refractivity contribution in [3.05, 3.63) is 100 Å². The molecule has 0 radical (unpaired) electrons. The van der Waals surface area contributed by atoms with Crippen molar-refractivity contribution >= 4 is 16.8 Å². The number of methoxy groups -OCH3 is 1. The quantitative estimate of drug-likeness (QED) is 0.426. The van der Waals surface area contributed by atoms with Gasteiger partial charge in [-0.2, -0.15) is 0 Å². The number of carbonyl (C=O) groups is 1. The standard InChI is InChI=1S/C29H30N4O3/c1-20-31-26-8-4-3-7-25(26)29(35)33(20)23-13-9-22(10-14-23)28(34)30-19-27(32-17-5-6-18-32)21-11-15-24(36-2)16-12-21/h3-4,7-16,27H,5-6,17-19H2,1-2H3,(H,30,34). The molecule has 1 unspecified atom stereocenters. The van der Waals surface area contributed by atoms with Crippen molar-refractivity contribution in [3.8, 4) is 11.4 Å². The summed E-state index contributed by atoms with van der Waals surface area (Å²) in [5.74, 6) is 1.28. The fourth-order valence-electron chi connectivity index (χ4n) is 4.94. The van der Waals surface area contributed by atoms with E-state index in [1.807, 2.05) is 37.3 Å². The van der Waals surface area contributed by atoms with E-state index in [1.54, 1.807) is 42.0 Å². The maximum absolute atomic E-state index is 13.1. The Labute approximate surface area is 210 Å². The van der Waals surface area contributed by atoms with Crippen LogP contribution in [0.4, 0.5) is 0 Å². The SMILES string of the molecule is COc1ccc(C(CNC(=O)c2ccc(-n3c(C)nc4ccccc4c3=O)cc2)N2CCCC2)cc1. The van der Waals surface area contributed by atoms with Gasteiger partial charge in [0.25, 0.3) is 11.5 Å². The molecular weight excluding hydrogens is 452 g/mol. The van der Waals surface area contributed by atoms with E-state index < -0.39 is 0 Å². The molecule has 7 heteroatoms. The van der Waals surface area contributed by atoms with Crippen molar-refractivity contribution in [3.63, 3.8) is 0 Å². The van der Waals surface area contributed by atoms with E-state index in [4.69, 9.17) is 4.74 Å². The van der Waals surface area contributed by atoms with Crippen LogP contribution in [0.15, 0.2) is 77.6 Å². The number of aromatic nitrogens is 2. The molecule has 4 aromatic rings. The molecule has 0 aliphatic carbocycles. The number of carbonyl (C=O) groups excluding carboxylic acids is 1. The number of likely N-dealkylation sites (tertiary alicyclic amines) is 1. The molecule has 1 aromatic heterocycles. The first kappa shape index (κ1) is 23.8. The molecule has 1 aliphatic heterocycles. The number of nitrogens with one attached hydrogen (secondary N) is 1. The van der Waals surface area contributed by atoms with E-state index in [0.717, 1.165) is 24.4 Å². The molecule has 2 heterocycles. The first-order valence-electron chi connectivity index (χ1n) is 12.3. The molecular formula is C29H30N4O3. The second kappa shape index (κ2) is 10.3. The molecule has 1 amide bonds. The van der Waals surface area contributed by atoms with Crippen molar-refractivity contribution in [2.45, 2.75) is 25.8 Å². The maximum Gasteiger partial charge on any atom is 0.265 e. The number of ether oxygens (including phenoxy) is 1. The fraction of sp³-hybridized carbons (Fsp3) is 0.276. The van der Waals surface area contributed by atoms with Gasteiger partial charge in [0.2, 0.25) is 0 Å². The van der Waals surface area contributed by atoms with E-state index >= 15 is 0 Å². The van der Waals surface area contributed by atoms with Crippen LogP contribution in [0.25, 0.3) is 16.6 Å². The lowest BCUT2D eigenvalue weighted by Crippen LogP contribution is -2.36. The van der Waals surface area contributed by atoms with Crippen LogP contribution >= 0.6 is 0 Å². The Hall–Kier alpha value is -3.97. The third-order valence-electron chi connectivity index (χ3n) is 6.87. The van der Waals surface area contributed by atoms with Gasteiger partial charge >= 0.3 is 0 Å². The van der Waals surface area contributed by atoms with E-state index in [-0.39, 0.29) is 17.5 Å². The maximum atomic E-state index is 13.1. The van der Waals surface area contributed by atoms with E-state index in [2.05, 4.69) is 27.3 Å². The lowest BCUT2D eigenvalue weighted by Gasteiger charge is -2.28. The Balaban J connectivity index is 1.33. The van der Waals surface area contributed by atoms with Crippen LogP contribution in [0.2, 0.25) is 0 Å². The average Bonchev–Trinajstić information content (AvgIpc) is 3.44. The highest BCUT2D eigenvalue weighted by molar-refractivity contribution is 5.94. The number of amides is 1. The number of nitrogens with zero attached hydrogens (tertiary/aromatic N) is 3. The lowest BCUT2D eigenvalue weighted by atomic mass is 10.0. The minimum Gasteiger partial charge on any atom is -0.497 e. The molecule has 1 fully saturated rings. The number of rotatable bonds is 7. The molecule has 1 N–H and O–H groups in total. The Morgan fingerprint density at radius 3 is 2.39 bits per heavy atom.